The molecule has 192 valence electrons. The fourth-order valence-electron chi connectivity index (χ4n) is 6.51. The molecule has 2 fully saturated rings. The molecule has 1 unspecified atom stereocenters. The Hall–Kier alpha value is -2.97. The van der Waals surface area contributed by atoms with Gasteiger partial charge in [0, 0.05) is 39.0 Å². The van der Waals surface area contributed by atoms with Gasteiger partial charge in [0.05, 0.1) is 17.9 Å². The second-order valence-electron chi connectivity index (χ2n) is 10.4. The van der Waals surface area contributed by atoms with Crippen LogP contribution in [0.4, 0.5) is 5.69 Å². The zero-order chi connectivity index (χ0) is 25.6. The van der Waals surface area contributed by atoms with Gasteiger partial charge in [-0.3, -0.25) is 14.4 Å². The molecule has 3 amide bonds. The van der Waals surface area contributed by atoms with Crippen molar-refractivity contribution >= 4 is 23.4 Å². The van der Waals surface area contributed by atoms with Crippen molar-refractivity contribution in [3.05, 3.63) is 53.6 Å². The van der Waals surface area contributed by atoms with Crippen LogP contribution in [0.3, 0.4) is 0 Å². The summed E-state index contributed by atoms with van der Waals surface area (Å²) in [5, 5.41) is 9.21. The molecule has 0 aromatic heterocycles. The average molecular weight is 494 g/mol. The van der Waals surface area contributed by atoms with Gasteiger partial charge in [0.25, 0.3) is 5.91 Å². The molecular weight excluding hydrogens is 458 g/mol. The monoisotopic (exact) mass is 493 g/mol. The van der Waals surface area contributed by atoms with E-state index in [1.165, 1.54) is 0 Å². The summed E-state index contributed by atoms with van der Waals surface area (Å²) in [6.07, 6.45) is 9.07. The summed E-state index contributed by atoms with van der Waals surface area (Å²) in [7, 11) is 1.74. The summed E-state index contributed by atoms with van der Waals surface area (Å²) in [6, 6.07) is 5.08. The van der Waals surface area contributed by atoms with Crippen LogP contribution in [-0.4, -0.2) is 83.7 Å². The number of carbonyl (C=O) groups is 3. The van der Waals surface area contributed by atoms with Gasteiger partial charge in [-0.1, -0.05) is 42.5 Å². The lowest BCUT2D eigenvalue weighted by Gasteiger charge is -2.36. The number of aliphatic hydroxyl groups is 1. The van der Waals surface area contributed by atoms with Crippen molar-refractivity contribution in [1.82, 2.24) is 9.80 Å². The molecule has 1 aromatic carbocycles. The Morgan fingerprint density at radius 2 is 1.75 bits per heavy atom. The van der Waals surface area contributed by atoms with Crippen LogP contribution in [0.25, 0.3) is 0 Å². The van der Waals surface area contributed by atoms with Gasteiger partial charge in [-0.2, -0.15) is 0 Å². The molecule has 1 spiro atoms. The highest BCUT2D eigenvalue weighted by atomic mass is 16.5. The maximum absolute atomic E-state index is 14.4. The summed E-state index contributed by atoms with van der Waals surface area (Å²) < 4.78 is 6.63. The van der Waals surface area contributed by atoms with Crippen molar-refractivity contribution in [1.29, 1.82) is 0 Å². The van der Waals surface area contributed by atoms with Gasteiger partial charge in [-0.25, -0.2) is 0 Å². The zero-order valence-corrected chi connectivity index (χ0v) is 21.2. The van der Waals surface area contributed by atoms with E-state index in [0.29, 0.717) is 32.5 Å². The lowest BCUT2D eigenvalue weighted by atomic mass is 9.77. The lowest BCUT2D eigenvalue weighted by molar-refractivity contribution is -0.143. The number of carbonyl (C=O) groups excluding carboxylic acids is 3. The Bertz CT molecular complexity index is 1110. The number of rotatable bonds is 6. The molecule has 1 aromatic rings. The van der Waals surface area contributed by atoms with Crippen LogP contribution in [0.5, 0.6) is 0 Å². The Morgan fingerprint density at radius 3 is 2.47 bits per heavy atom. The van der Waals surface area contributed by atoms with Crippen LogP contribution in [0, 0.1) is 25.7 Å². The second-order valence-corrected chi connectivity index (χ2v) is 10.4. The quantitative estimate of drug-likeness (QED) is 0.484. The predicted octanol–water partition coefficient (Wildman–Crippen LogP) is 1.98. The number of aryl methyl sites for hydroxylation is 2. The number of aliphatic hydroxyl groups excluding tert-OH is 1. The number of benzene rings is 1. The van der Waals surface area contributed by atoms with Gasteiger partial charge < -0.3 is 24.5 Å². The third-order valence-corrected chi connectivity index (χ3v) is 8.13. The van der Waals surface area contributed by atoms with E-state index in [9.17, 15) is 19.5 Å². The van der Waals surface area contributed by atoms with Gasteiger partial charge in [-0.15, -0.1) is 0 Å². The van der Waals surface area contributed by atoms with Gasteiger partial charge in [0.15, 0.2) is 0 Å². The van der Waals surface area contributed by atoms with Crippen molar-refractivity contribution in [2.45, 2.75) is 50.9 Å². The van der Waals surface area contributed by atoms with Gasteiger partial charge >= 0.3 is 0 Å². The Balaban J connectivity index is 1.60. The summed E-state index contributed by atoms with van der Waals surface area (Å²) in [6.45, 7) is 5.27. The first-order chi connectivity index (χ1) is 17.3. The number of ether oxygens (including phenoxy) is 1. The molecule has 0 radical (unpaired) electrons. The molecule has 8 nitrogen and oxygen atoms in total. The molecule has 5 atom stereocenters. The molecule has 1 N–H and O–H groups in total. The number of fused-ring (bicyclic) bond motifs is 2. The Labute approximate surface area is 212 Å². The molecule has 4 heterocycles. The van der Waals surface area contributed by atoms with Gasteiger partial charge in [-0.05, 0) is 44.2 Å². The summed E-state index contributed by atoms with van der Waals surface area (Å²) in [5.74, 6) is -1.94. The van der Waals surface area contributed by atoms with Crippen molar-refractivity contribution in [3.8, 4) is 0 Å². The molecular formula is C28H35N3O5. The summed E-state index contributed by atoms with van der Waals surface area (Å²) >= 11 is 0. The third kappa shape index (κ3) is 3.69. The first-order valence-corrected chi connectivity index (χ1v) is 12.9. The van der Waals surface area contributed by atoms with E-state index in [4.69, 9.17) is 4.74 Å². The summed E-state index contributed by atoms with van der Waals surface area (Å²) in [5.41, 5.74) is 1.62. The second kappa shape index (κ2) is 9.48. The van der Waals surface area contributed by atoms with Gasteiger partial charge in [0.1, 0.15) is 11.6 Å². The van der Waals surface area contributed by atoms with Crippen LogP contribution in [0.2, 0.25) is 0 Å². The number of anilines is 1. The number of likely N-dealkylation sites (tertiary alicyclic amines) is 1. The SMILES string of the molecule is Cc1cccc(C)c1N1CC=C[C@]23O[C@H]4C=CCN(C)C(=O)[C@H]4[C@H]2C(=O)N(CCCCCO)C3C1=O. The molecule has 8 heteroatoms. The number of para-hydroxylation sites is 1. The third-order valence-electron chi connectivity index (χ3n) is 8.13. The van der Waals surface area contributed by atoms with E-state index in [1.54, 1.807) is 21.7 Å². The fourth-order valence-corrected chi connectivity index (χ4v) is 6.51. The van der Waals surface area contributed by atoms with E-state index < -0.39 is 29.6 Å². The summed E-state index contributed by atoms with van der Waals surface area (Å²) in [4.78, 5) is 46.9. The maximum Gasteiger partial charge on any atom is 0.253 e. The van der Waals surface area contributed by atoms with E-state index >= 15 is 0 Å². The normalized spacial score (nSPS) is 31.4. The van der Waals surface area contributed by atoms with Crippen molar-refractivity contribution < 1.29 is 24.2 Å². The van der Waals surface area contributed by atoms with E-state index in [2.05, 4.69) is 0 Å². The minimum absolute atomic E-state index is 0.0893. The maximum atomic E-state index is 14.4. The highest BCUT2D eigenvalue weighted by Gasteiger charge is 2.71. The number of likely N-dealkylation sites (N-methyl/N-ethyl adjacent to an activating group) is 1. The lowest BCUT2D eigenvalue weighted by Crippen LogP contribution is -2.55. The molecule has 0 saturated carbocycles. The number of hydrogen-bond acceptors (Lipinski definition) is 5. The van der Waals surface area contributed by atoms with Crippen LogP contribution >= 0.6 is 0 Å². The molecule has 0 bridgehead atoms. The number of hydrogen-bond donors (Lipinski definition) is 1. The Morgan fingerprint density at radius 1 is 1.00 bits per heavy atom. The van der Waals surface area contributed by atoms with Crippen LogP contribution in [0.1, 0.15) is 30.4 Å². The molecule has 2 saturated heterocycles. The predicted molar refractivity (Wildman–Crippen MR) is 135 cm³/mol. The highest BCUT2D eigenvalue weighted by Crippen LogP contribution is 2.53. The standard InChI is InChI=1S/C28H35N3O5/c1-18-10-7-11-19(2)23(18)30-16-9-13-28-22(21-20(36-28)12-8-14-29(3)25(21)33)26(34)31(24(28)27(30)35)15-5-4-6-17-32/h7-13,20-22,24,32H,4-6,14-17H2,1-3H3/t20-,21+,22-,24?,28-/m0/s1. The fraction of sp³-hybridized carbons (Fsp3) is 0.536. The van der Waals surface area contributed by atoms with Crippen LogP contribution in [0.15, 0.2) is 42.5 Å². The first-order valence-electron chi connectivity index (χ1n) is 12.9. The van der Waals surface area contributed by atoms with Crippen molar-refractivity contribution in [2.24, 2.45) is 11.8 Å². The van der Waals surface area contributed by atoms with Crippen LogP contribution in [-0.2, 0) is 19.1 Å². The molecule has 5 rings (SSSR count). The van der Waals surface area contributed by atoms with E-state index in [1.807, 2.05) is 56.4 Å². The number of unbranched alkanes of at least 4 members (excludes halogenated alkanes) is 2. The highest BCUT2D eigenvalue weighted by molar-refractivity contribution is 6.06. The first kappa shape index (κ1) is 24.7. The molecule has 0 aliphatic carbocycles. The average Bonchev–Trinajstić information content (AvgIpc) is 3.17. The van der Waals surface area contributed by atoms with E-state index in [0.717, 1.165) is 23.2 Å². The topological polar surface area (TPSA) is 90.4 Å². The minimum Gasteiger partial charge on any atom is -0.396 e. The van der Waals surface area contributed by atoms with Crippen molar-refractivity contribution in [3.63, 3.8) is 0 Å². The largest absolute Gasteiger partial charge is 0.396 e. The van der Waals surface area contributed by atoms with Gasteiger partial charge in [0.2, 0.25) is 11.8 Å². The smallest absolute Gasteiger partial charge is 0.253 e. The minimum atomic E-state index is -1.20. The molecule has 4 aliphatic rings. The number of amides is 3. The molecule has 4 aliphatic heterocycles. The zero-order valence-electron chi connectivity index (χ0n) is 21.2. The van der Waals surface area contributed by atoms with Crippen LogP contribution < -0.4 is 4.90 Å². The van der Waals surface area contributed by atoms with E-state index in [-0.39, 0.29) is 24.3 Å². The number of nitrogens with zero attached hydrogens (tertiary/aromatic N) is 3. The molecule has 36 heavy (non-hydrogen) atoms. The van der Waals surface area contributed by atoms with Crippen molar-refractivity contribution in [2.75, 3.05) is 38.2 Å². The Kier molecular flexibility index (Phi) is 6.51.